The molecule has 0 aliphatic heterocycles. The van der Waals surface area contributed by atoms with Gasteiger partial charge >= 0.3 is 0 Å². The summed E-state index contributed by atoms with van der Waals surface area (Å²) in [6, 6.07) is 10.3. The van der Waals surface area contributed by atoms with Gasteiger partial charge < -0.3 is 14.2 Å². The van der Waals surface area contributed by atoms with E-state index < -0.39 is 0 Å². The van der Waals surface area contributed by atoms with E-state index in [4.69, 9.17) is 14.2 Å². The van der Waals surface area contributed by atoms with E-state index in [0.29, 0.717) is 26.4 Å². The van der Waals surface area contributed by atoms with Gasteiger partial charge in [0.05, 0.1) is 18.8 Å². The Hall–Kier alpha value is -0.420. The van der Waals surface area contributed by atoms with E-state index in [1.165, 1.54) is 5.56 Å². The molecular weight excluding hydrogens is 308 g/mol. The highest BCUT2D eigenvalue weighted by atomic mass is 79.9. The van der Waals surface area contributed by atoms with Crippen molar-refractivity contribution in [3.63, 3.8) is 0 Å². The molecule has 0 heterocycles. The summed E-state index contributed by atoms with van der Waals surface area (Å²) >= 11 is 3.54. The molecule has 0 N–H and O–H groups in total. The highest BCUT2D eigenvalue weighted by Gasteiger charge is 2.25. The maximum atomic E-state index is 6.01. The lowest BCUT2D eigenvalue weighted by Gasteiger charge is -2.28. The van der Waals surface area contributed by atoms with Crippen molar-refractivity contribution in [3.05, 3.63) is 35.9 Å². The van der Waals surface area contributed by atoms with Crippen molar-refractivity contribution >= 4 is 15.9 Å². The van der Waals surface area contributed by atoms with E-state index in [0.717, 1.165) is 11.8 Å². The van der Waals surface area contributed by atoms with Crippen LogP contribution in [0.25, 0.3) is 0 Å². The Kier molecular flexibility index (Phi) is 8.30. The monoisotopic (exact) mass is 330 g/mol. The first-order chi connectivity index (χ1) is 9.23. The van der Waals surface area contributed by atoms with Crippen LogP contribution in [0.2, 0.25) is 0 Å². The summed E-state index contributed by atoms with van der Waals surface area (Å²) in [4.78, 5) is 0. The first-order valence-electron chi connectivity index (χ1n) is 6.55. The minimum absolute atomic E-state index is 0.284. The fourth-order valence-electron chi connectivity index (χ4n) is 1.69. The molecule has 0 saturated carbocycles. The van der Waals surface area contributed by atoms with Gasteiger partial charge in [0.2, 0.25) is 0 Å². The molecule has 0 fully saturated rings. The predicted octanol–water partition coefficient (Wildman–Crippen LogP) is 3.37. The SMILES string of the molecule is COCCOCCCOC(C)(CBr)c1ccccc1. The topological polar surface area (TPSA) is 27.7 Å². The molecular formula is C15H23BrO3. The van der Waals surface area contributed by atoms with Crippen LogP contribution in [0.4, 0.5) is 0 Å². The number of halogens is 1. The molecule has 108 valence electrons. The summed E-state index contributed by atoms with van der Waals surface area (Å²) < 4.78 is 16.3. The minimum Gasteiger partial charge on any atom is -0.382 e. The van der Waals surface area contributed by atoms with Crippen LogP contribution in [-0.2, 0) is 19.8 Å². The Morgan fingerprint density at radius 2 is 1.79 bits per heavy atom. The Morgan fingerprint density at radius 1 is 1.05 bits per heavy atom. The number of rotatable bonds is 10. The van der Waals surface area contributed by atoms with Gasteiger partial charge in [-0.3, -0.25) is 0 Å². The molecule has 1 rings (SSSR count). The standard InChI is InChI=1S/C15H23BrO3/c1-15(13-16,14-7-4-3-5-8-14)19-10-6-9-18-12-11-17-2/h3-5,7-8H,6,9-13H2,1-2H3. The van der Waals surface area contributed by atoms with E-state index in [1.54, 1.807) is 7.11 Å². The molecule has 0 amide bonds. The van der Waals surface area contributed by atoms with Crippen LogP contribution in [0, 0.1) is 0 Å². The lowest BCUT2D eigenvalue weighted by atomic mass is 9.98. The van der Waals surface area contributed by atoms with Crippen molar-refractivity contribution < 1.29 is 14.2 Å². The van der Waals surface area contributed by atoms with Crippen LogP contribution in [0.3, 0.4) is 0 Å². The Balaban J connectivity index is 2.29. The van der Waals surface area contributed by atoms with E-state index in [2.05, 4.69) is 35.0 Å². The zero-order chi connectivity index (χ0) is 14.0. The number of ether oxygens (including phenoxy) is 3. The van der Waals surface area contributed by atoms with E-state index in [1.807, 2.05) is 18.2 Å². The molecule has 1 aromatic rings. The van der Waals surface area contributed by atoms with Gasteiger partial charge in [-0.05, 0) is 18.9 Å². The molecule has 3 nitrogen and oxygen atoms in total. The van der Waals surface area contributed by atoms with Crippen LogP contribution >= 0.6 is 15.9 Å². The van der Waals surface area contributed by atoms with Crippen molar-refractivity contribution in [2.45, 2.75) is 18.9 Å². The van der Waals surface area contributed by atoms with Gasteiger partial charge in [0.1, 0.15) is 0 Å². The normalized spacial score (nSPS) is 14.3. The van der Waals surface area contributed by atoms with Crippen molar-refractivity contribution in [1.82, 2.24) is 0 Å². The van der Waals surface area contributed by atoms with Crippen LogP contribution in [0.15, 0.2) is 30.3 Å². The highest BCUT2D eigenvalue weighted by molar-refractivity contribution is 9.09. The zero-order valence-electron chi connectivity index (χ0n) is 11.7. The summed E-state index contributed by atoms with van der Waals surface area (Å²) in [7, 11) is 1.67. The lowest BCUT2D eigenvalue weighted by Crippen LogP contribution is -2.28. The summed E-state index contributed by atoms with van der Waals surface area (Å²) in [5.74, 6) is 0. The third-order valence-corrected chi connectivity index (χ3v) is 3.99. The molecule has 0 radical (unpaired) electrons. The molecule has 1 unspecified atom stereocenters. The van der Waals surface area contributed by atoms with Crippen LogP contribution in [0.5, 0.6) is 0 Å². The van der Waals surface area contributed by atoms with Crippen molar-refractivity contribution in [3.8, 4) is 0 Å². The summed E-state index contributed by atoms with van der Waals surface area (Å²) in [5, 5.41) is 0.772. The Bertz CT molecular complexity index is 331. The molecule has 0 bridgehead atoms. The van der Waals surface area contributed by atoms with Gasteiger partial charge in [0.15, 0.2) is 0 Å². The van der Waals surface area contributed by atoms with Gasteiger partial charge in [-0.15, -0.1) is 0 Å². The van der Waals surface area contributed by atoms with Crippen molar-refractivity contribution in [1.29, 1.82) is 0 Å². The van der Waals surface area contributed by atoms with Gasteiger partial charge in [0, 0.05) is 25.7 Å². The smallest absolute Gasteiger partial charge is 0.0999 e. The third-order valence-electron chi connectivity index (χ3n) is 2.92. The van der Waals surface area contributed by atoms with E-state index in [9.17, 15) is 0 Å². The molecule has 1 atom stereocenters. The Labute approximate surface area is 124 Å². The maximum absolute atomic E-state index is 6.01. The zero-order valence-corrected chi connectivity index (χ0v) is 13.3. The summed E-state index contributed by atoms with van der Waals surface area (Å²) in [6.45, 7) is 4.78. The number of hydrogen-bond acceptors (Lipinski definition) is 3. The number of benzene rings is 1. The van der Waals surface area contributed by atoms with Gasteiger partial charge in [-0.25, -0.2) is 0 Å². The minimum atomic E-state index is -0.284. The van der Waals surface area contributed by atoms with Gasteiger partial charge in [0.25, 0.3) is 0 Å². The summed E-state index contributed by atoms with van der Waals surface area (Å²) in [6.07, 6.45) is 0.888. The van der Waals surface area contributed by atoms with Gasteiger partial charge in [-0.1, -0.05) is 46.3 Å². The second-order valence-corrected chi connectivity index (χ2v) is 5.10. The maximum Gasteiger partial charge on any atom is 0.0999 e. The first-order valence-corrected chi connectivity index (χ1v) is 7.67. The number of alkyl halides is 1. The molecule has 4 heteroatoms. The van der Waals surface area contributed by atoms with E-state index in [-0.39, 0.29) is 5.60 Å². The summed E-state index contributed by atoms with van der Waals surface area (Å²) in [5.41, 5.74) is 0.903. The van der Waals surface area contributed by atoms with E-state index >= 15 is 0 Å². The third kappa shape index (κ3) is 6.04. The van der Waals surface area contributed by atoms with Crippen LogP contribution in [0.1, 0.15) is 18.9 Å². The van der Waals surface area contributed by atoms with Crippen LogP contribution in [-0.4, -0.2) is 38.9 Å². The fraction of sp³-hybridized carbons (Fsp3) is 0.600. The molecule has 0 saturated heterocycles. The van der Waals surface area contributed by atoms with Crippen molar-refractivity contribution in [2.24, 2.45) is 0 Å². The lowest BCUT2D eigenvalue weighted by molar-refractivity contribution is -0.0286. The second kappa shape index (κ2) is 9.48. The first kappa shape index (κ1) is 16.6. The molecule has 1 aromatic carbocycles. The largest absolute Gasteiger partial charge is 0.382 e. The average Bonchev–Trinajstić information content (AvgIpc) is 2.47. The predicted molar refractivity (Wildman–Crippen MR) is 80.9 cm³/mol. The molecule has 0 aliphatic rings. The average molecular weight is 331 g/mol. The van der Waals surface area contributed by atoms with Crippen LogP contribution < -0.4 is 0 Å². The molecule has 0 aromatic heterocycles. The second-order valence-electron chi connectivity index (χ2n) is 4.54. The quantitative estimate of drug-likeness (QED) is 0.486. The number of methoxy groups -OCH3 is 1. The Morgan fingerprint density at radius 3 is 2.42 bits per heavy atom. The van der Waals surface area contributed by atoms with Gasteiger partial charge in [-0.2, -0.15) is 0 Å². The molecule has 0 spiro atoms. The van der Waals surface area contributed by atoms with Crippen molar-refractivity contribution in [2.75, 3.05) is 38.9 Å². The fourth-order valence-corrected chi connectivity index (χ4v) is 2.18. The molecule has 19 heavy (non-hydrogen) atoms. The number of hydrogen-bond donors (Lipinski definition) is 0. The molecule has 0 aliphatic carbocycles. The highest BCUT2D eigenvalue weighted by Crippen LogP contribution is 2.27.